The van der Waals surface area contributed by atoms with Gasteiger partial charge in [0.25, 0.3) is 0 Å². The molecule has 1 N–H and O–H groups in total. The zero-order valence-electron chi connectivity index (χ0n) is 13.0. The molecule has 0 unspecified atom stereocenters. The molecule has 1 amide bonds. The molecule has 22 heavy (non-hydrogen) atoms. The number of nitrogens with one attached hydrogen (secondary N) is 1. The zero-order valence-corrected chi connectivity index (χ0v) is 13.0. The van der Waals surface area contributed by atoms with E-state index in [1.807, 2.05) is 13.8 Å². The van der Waals surface area contributed by atoms with E-state index in [0.29, 0.717) is 5.56 Å². The molecule has 1 heterocycles. The van der Waals surface area contributed by atoms with E-state index in [4.69, 9.17) is 0 Å². The van der Waals surface area contributed by atoms with Crippen molar-refractivity contribution >= 4 is 5.91 Å². The first kappa shape index (κ1) is 16.6. The van der Waals surface area contributed by atoms with E-state index in [2.05, 4.69) is 16.8 Å². The minimum atomic E-state index is -0.910. The Morgan fingerprint density at radius 3 is 2.50 bits per heavy atom. The highest BCUT2D eigenvalue weighted by Gasteiger charge is 2.38. The van der Waals surface area contributed by atoms with Crippen LogP contribution in [0.5, 0.6) is 0 Å². The number of benzene rings is 1. The lowest BCUT2D eigenvalue weighted by Gasteiger charge is -2.42. The van der Waals surface area contributed by atoms with Crippen molar-refractivity contribution in [2.24, 2.45) is 0 Å². The molecule has 0 saturated carbocycles. The highest BCUT2D eigenvalue weighted by atomic mass is 19.2. The molecule has 0 aromatic heterocycles. The first-order valence-corrected chi connectivity index (χ1v) is 7.49. The van der Waals surface area contributed by atoms with E-state index in [-0.39, 0.29) is 5.91 Å². The molecule has 0 spiro atoms. The Hall–Kier alpha value is -1.75. The van der Waals surface area contributed by atoms with Crippen LogP contribution in [0.25, 0.3) is 0 Å². The van der Waals surface area contributed by atoms with Crippen LogP contribution in [-0.2, 0) is 4.79 Å². The summed E-state index contributed by atoms with van der Waals surface area (Å²) in [6.07, 6.45) is 3.39. The molecule has 1 aliphatic heterocycles. The molecule has 2 rings (SSSR count). The van der Waals surface area contributed by atoms with Crippen LogP contribution in [0, 0.1) is 11.6 Å². The quantitative estimate of drug-likeness (QED) is 0.847. The number of hydrogen-bond donors (Lipinski definition) is 1. The lowest BCUT2D eigenvalue weighted by molar-refractivity contribution is -0.118. The van der Waals surface area contributed by atoms with Crippen molar-refractivity contribution in [3.8, 4) is 0 Å². The number of hydrogen-bond acceptors (Lipinski definition) is 2. The van der Waals surface area contributed by atoms with Gasteiger partial charge in [-0.1, -0.05) is 12.6 Å². The fraction of sp³-hybridized carbons (Fsp3) is 0.471. The molecule has 1 aromatic carbocycles. The van der Waals surface area contributed by atoms with E-state index in [1.54, 1.807) is 0 Å². The monoisotopic (exact) mass is 308 g/mol. The summed E-state index contributed by atoms with van der Waals surface area (Å²) in [5, 5.41) is 2.86. The number of carbonyl (C=O) groups excluding carboxylic acids is 1. The van der Waals surface area contributed by atoms with Gasteiger partial charge in [-0.05, 0) is 63.6 Å². The first-order valence-electron chi connectivity index (χ1n) is 7.49. The van der Waals surface area contributed by atoms with Crippen LogP contribution in [0.2, 0.25) is 0 Å². The molecule has 1 aromatic rings. The van der Waals surface area contributed by atoms with Gasteiger partial charge in [0.2, 0.25) is 5.91 Å². The van der Waals surface area contributed by atoms with Gasteiger partial charge >= 0.3 is 0 Å². The van der Waals surface area contributed by atoms with E-state index >= 15 is 0 Å². The molecule has 1 saturated heterocycles. The molecule has 1 atom stereocenters. The minimum absolute atomic E-state index is 0.331. The molecule has 0 radical (unpaired) electrons. The van der Waals surface area contributed by atoms with Crippen LogP contribution in [0.1, 0.15) is 38.3 Å². The second kappa shape index (κ2) is 6.57. The van der Waals surface area contributed by atoms with Gasteiger partial charge in [0.05, 0.1) is 6.04 Å². The topological polar surface area (TPSA) is 32.3 Å². The van der Waals surface area contributed by atoms with E-state index < -0.39 is 23.2 Å². The van der Waals surface area contributed by atoms with E-state index in [1.165, 1.54) is 12.1 Å². The van der Waals surface area contributed by atoms with Crippen LogP contribution in [0.3, 0.4) is 0 Å². The lowest BCUT2D eigenvalue weighted by Crippen LogP contribution is -2.52. The summed E-state index contributed by atoms with van der Waals surface area (Å²) in [4.78, 5) is 14.1. The molecule has 0 aliphatic carbocycles. The SMILES string of the molecule is C=CC(=O)N[C@H](c1ccc(F)c(F)c1)C(C)(C)N1CCCC1. The van der Waals surface area contributed by atoms with Gasteiger partial charge in [0, 0.05) is 5.54 Å². The number of amides is 1. The fourth-order valence-electron chi connectivity index (χ4n) is 3.04. The molecule has 0 bridgehead atoms. The first-order chi connectivity index (χ1) is 10.4. The predicted octanol–water partition coefficient (Wildman–Crippen LogP) is 3.18. The van der Waals surface area contributed by atoms with Crippen LogP contribution in [0.4, 0.5) is 8.78 Å². The molecular formula is C17H22F2N2O. The Morgan fingerprint density at radius 2 is 1.95 bits per heavy atom. The highest BCUT2D eigenvalue weighted by Crippen LogP contribution is 2.34. The normalized spacial score (nSPS) is 17.3. The number of nitrogens with zero attached hydrogens (tertiary/aromatic N) is 1. The molecule has 1 aliphatic rings. The summed E-state index contributed by atoms with van der Waals surface area (Å²) < 4.78 is 26.8. The summed E-state index contributed by atoms with van der Waals surface area (Å²) in [6, 6.07) is 3.31. The summed E-state index contributed by atoms with van der Waals surface area (Å²) in [7, 11) is 0. The van der Waals surface area contributed by atoms with Gasteiger partial charge in [-0.3, -0.25) is 9.69 Å². The molecular weight excluding hydrogens is 286 g/mol. The van der Waals surface area contributed by atoms with Crippen molar-refractivity contribution in [2.75, 3.05) is 13.1 Å². The maximum Gasteiger partial charge on any atom is 0.243 e. The van der Waals surface area contributed by atoms with Gasteiger partial charge in [0.1, 0.15) is 0 Å². The van der Waals surface area contributed by atoms with Crippen molar-refractivity contribution in [3.63, 3.8) is 0 Å². The molecule has 5 heteroatoms. The van der Waals surface area contributed by atoms with Crippen molar-refractivity contribution in [2.45, 2.75) is 38.3 Å². The second-order valence-electron chi connectivity index (χ2n) is 6.17. The second-order valence-corrected chi connectivity index (χ2v) is 6.17. The number of likely N-dealkylation sites (tertiary alicyclic amines) is 1. The molecule has 1 fully saturated rings. The average Bonchev–Trinajstić information content (AvgIpc) is 3.02. The van der Waals surface area contributed by atoms with Crippen molar-refractivity contribution in [1.82, 2.24) is 10.2 Å². The standard InChI is InChI=1S/C17H22F2N2O/c1-4-15(22)20-16(12-7-8-13(18)14(19)11-12)17(2,3)21-9-5-6-10-21/h4,7-8,11,16H,1,5-6,9-10H2,2-3H3,(H,20,22)/t16-/m1/s1. The summed E-state index contributed by atoms with van der Waals surface area (Å²) in [5.41, 5.74) is 0.130. The largest absolute Gasteiger partial charge is 0.344 e. The Bertz CT molecular complexity index is 566. The Kier molecular flexibility index (Phi) is 4.96. The van der Waals surface area contributed by atoms with E-state index in [0.717, 1.165) is 38.1 Å². The fourth-order valence-corrected chi connectivity index (χ4v) is 3.04. The van der Waals surface area contributed by atoms with Crippen LogP contribution < -0.4 is 5.32 Å². The highest BCUT2D eigenvalue weighted by molar-refractivity contribution is 5.87. The van der Waals surface area contributed by atoms with Crippen LogP contribution in [-0.4, -0.2) is 29.4 Å². The smallest absolute Gasteiger partial charge is 0.243 e. The minimum Gasteiger partial charge on any atom is -0.344 e. The molecule has 120 valence electrons. The lowest BCUT2D eigenvalue weighted by atomic mass is 9.86. The van der Waals surface area contributed by atoms with Gasteiger partial charge in [-0.15, -0.1) is 0 Å². The Morgan fingerprint density at radius 1 is 1.32 bits per heavy atom. The van der Waals surface area contributed by atoms with Crippen molar-refractivity contribution in [3.05, 3.63) is 48.1 Å². The maximum absolute atomic E-state index is 13.6. The number of rotatable bonds is 5. The predicted molar refractivity (Wildman–Crippen MR) is 82.3 cm³/mol. The summed E-state index contributed by atoms with van der Waals surface area (Å²) in [5.74, 6) is -2.13. The van der Waals surface area contributed by atoms with Crippen LogP contribution >= 0.6 is 0 Å². The van der Waals surface area contributed by atoms with Crippen molar-refractivity contribution in [1.29, 1.82) is 0 Å². The van der Waals surface area contributed by atoms with Crippen LogP contribution in [0.15, 0.2) is 30.9 Å². The van der Waals surface area contributed by atoms with Gasteiger partial charge in [0.15, 0.2) is 11.6 Å². The van der Waals surface area contributed by atoms with Gasteiger partial charge < -0.3 is 5.32 Å². The third-order valence-electron chi connectivity index (χ3n) is 4.38. The summed E-state index contributed by atoms with van der Waals surface area (Å²) >= 11 is 0. The maximum atomic E-state index is 13.6. The van der Waals surface area contributed by atoms with Crippen molar-refractivity contribution < 1.29 is 13.6 Å². The number of halogens is 2. The average molecular weight is 308 g/mol. The Labute approximate surface area is 130 Å². The Balaban J connectivity index is 2.38. The number of carbonyl (C=O) groups is 1. The van der Waals surface area contributed by atoms with Gasteiger partial charge in [-0.25, -0.2) is 8.78 Å². The molecule has 3 nitrogen and oxygen atoms in total. The van der Waals surface area contributed by atoms with Gasteiger partial charge in [-0.2, -0.15) is 0 Å². The zero-order chi connectivity index (χ0) is 16.3. The summed E-state index contributed by atoms with van der Waals surface area (Å²) in [6.45, 7) is 9.33. The third-order valence-corrected chi connectivity index (χ3v) is 4.38. The van der Waals surface area contributed by atoms with E-state index in [9.17, 15) is 13.6 Å². The third kappa shape index (κ3) is 3.35.